The summed E-state index contributed by atoms with van der Waals surface area (Å²) in [6.07, 6.45) is 0. The molecule has 1 heterocycles. The number of esters is 1. The summed E-state index contributed by atoms with van der Waals surface area (Å²) in [5.74, 6) is -1.12. The van der Waals surface area contributed by atoms with Gasteiger partial charge >= 0.3 is 38.7 Å². The van der Waals surface area contributed by atoms with Crippen LogP contribution in [0, 0.1) is 5.38 Å². The van der Waals surface area contributed by atoms with Crippen LogP contribution in [0.25, 0.3) is 5.76 Å². The Balaban J connectivity index is 0.00000289. The molecule has 1 aromatic heterocycles. The number of aliphatic hydroxyl groups excluding tert-OH is 1. The van der Waals surface area contributed by atoms with Gasteiger partial charge in [0, 0.05) is 7.05 Å². The third kappa shape index (κ3) is 4.42. The van der Waals surface area contributed by atoms with E-state index in [4.69, 9.17) is 16.3 Å². The number of nitrogens with zero attached hydrogens (tertiary/aromatic N) is 2. The molecule has 0 aliphatic rings. The van der Waals surface area contributed by atoms with Gasteiger partial charge in [0.15, 0.2) is 5.70 Å². The van der Waals surface area contributed by atoms with Gasteiger partial charge in [0.1, 0.15) is 0 Å². The molecule has 0 saturated heterocycles. The fourth-order valence-electron chi connectivity index (χ4n) is 1.03. The van der Waals surface area contributed by atoms with Crippen molar-refractivity contribution in [2.24, 2.45) is 10.2 Å². The van der Waals surface area contributed by atoms with Crippen molar-refractivity contribution >= 4 is 34.7 Å². The SMILES string of the molecule is CCOC(=O)/C(N=NC)=C(/O)c1c[c-]sc1Cl.[Y+3]. The average molecular weight is 363 g/mol. The largest absolute Gasteiger partial charge is 3.00 e. The molecular formula is C10H10ClN2O3SY+2. The van der Waals surface area contributed by atoms with Crippen LogP contribution in [0.15, 0.2) is 22.0 Å². The zero-order chi connectivity index (χ0) is 12.8. The minimum Gasteiger partial charge on any atom is -0.519 e. The van der Waals surface area contributed by atoms with E-state index < -0.39 is 5.97 Å². The molecule has 92 valence electrons. The second-order valence-corrected chi connectivity index (χ2v) is 4.22. The Morgan fingerprint density at radius 1 is 1.67 bits per heavy atom. The molecule has 0 atom stereocenters. The Labute approximate surface area is 139 Å². The average Bonchev–Trinajstić information content (AvgIpc) is 2.71. The van der Waals surface area contributed by atoms with Crippen LogP contribution >= 0.6 is 22.9 Å². The third-order valence-corrected chi connectivity index (χ3v) is 2.78. The number of thiophene rings is 1. The number of carbonyl (C=O) groups is 1. The van der Waals surface area contributed by atoms with E-state index in [1.807, 2.05) is 0 Å². The molecule has 18 heavy (non-hydrogen) atoms. The Morgan fingerprint density at radius 2 is 2.33 bits per heavy atom. The van der Waals surface area contributed by atoms with Gasteiger partial charge in [-0.15, -0.1) is 16.1 Å². The number of halogens is 1. The van der Waals surface area contributed by atoms with Crippen LogP contribution in [-0.2, 0) is 42.2 Å². The molecule has 8 heteroatoms. The first kappa shape index (κ1) is 17.7. The normalized spacial score (nSPS) is 11.9. The van der Waals surface area contributed by atoms with Crippen molar-refractivity contribution in [1.29, 1.82) is 0 Å². The van der Waals surface area contributed by atoms with Crippen molar-refractivity contribution in [3.05, 3.63) is 27.0 Å². The van der Waals surface area contributed by atoms with Crippen LogP contribution < -0.4 is 0 Å². The maximum absolute atomic E-state index is 11.5. The van der Waals surface area contributed by atoms with E-state index in [-0.39, 0.29) is 56.3 Å². The van der Waals surface area contributed by atoms with Crippen LogP contribution in [-0.4, -0.2) is 24.7 Å². The molecule has 1 N–H and O–H groups in total. The first-order valence-corrected chi connectivity index (χ1v) is 5.87. The zero-order valence-electron chi connectivity index (χ0n) is 9.81. The smallest absolute Gasteiger partial charge is 0.519 e. The molecule has 0 unspecified atom stereocenters. The molecule has 0 radical (unpaired) electrons. The quantitative estimate of drug-likeness (QED) is 0.294. The van der Waals surface area contributed by atoms with E-state index in [0.29, 0.717) is 4.34 Å². The molecule has 1 aromatic rings. The van der Waals surface area contributed by atoms with Crippen molar-refractivity contribution in [1.82, 2.24) is 0 Å². The standard InChI is InChI=1S/C10H10ClN2O3S.Y/c1-3-16-10(15)7(13-12-2)8(14)6-4-5-17-9(6)11;/h4,14H,3H2,1-2H3;/q-1;+3/b8-7-,13-12?;. The summed E-state index contributed by atoms with van der Waals surface area (Å²) in [6.45, 7) is 1.83. The molecule has 0 amide bonds. The Kier molecular flexibility index (Phi) is 8.60. The van der Waals surface area contributed by atoms with Crippen molar-refractivity contribution < 1.29 is 47.3 Å². The number of ether oxygens (including phenoxy) is 1. The van der Waals surface area contributed by atoms with E-state index in [9.17, 15) is 9.90 Å². The number of hydrogen-bond acceptors (Lipinski definition) is 6. The predicted molar refractivity (Wildman–Crippen MR) is 65.1 cm³/mol. The molecule has 0 saturated carbocycles. The van der Waals surface area contributed by atoms with E-state index in [1.165, 1.54) is 13.1 Å². The van der Waals surface area contributed by atoms with Crippen LogP contribution in [0.5, 0.6) is 0 Å². The van der Waals surface area contributed by atoms with Gasteiger partial charge in [-0.1, -0.05) is 4.34 Å². The minimum atomic E-state index is -0.752. The van der Waals surface area contributed by atoms with Crippen molar-refractivity contribution in [3.8, 4) is 0 Å². The fraction of sp³-hybridized carbons (Fsp3) is 0.300. The van der Waals surface area contributed by atoms with E-state index in [0.717, 1.165) is 11.3 Å². The van der Waals surface area contributed by atoms with Crippen LogP contribution in [0.4, 0.5) is 0 Å². The number of aliphatic hydroxyl groups is 1. The molecule has 0 aliphatic heterocycles. The fourth-order valence-corrected chi connectivity index (χ4v) is 1.85. The minimum absolute atomic E-state index is 0. The monoisotopic (exact) mass is 362 g/mol. The van der Waals surface area contributed by atoms with E-state index in [1.54, 1.807) is 6.92 Å². The van der Waals surface area contributed by atoms with Gasteiger partial charge in [0.05, 0.1) is 12.4 Å². The Morgan fingerprint density at radius 3 is 2.78 bits per heavy atom. The molecule has 0 spiro atoms. The van der Waals surface area contributed by atoms with E-state index >= 15 is 0 Å². The van der Waals surface area contributed by atoms with Gasteiger partial charge in [-0.25, -0.2) is 4.79 Å². The Bertz CT molecular complexity index is 473. The summed E-state index contributed by atoms with van der Waals surface area (Å²) >= 11 is 6.94. The van der Waals surface area contributed by atoms with Gasteiger partial charge < -0.3 is 9.84 Å². The summed E-state index contributed by atoms with van der Waals surface area (Å²) in [5.41, 5.74) is 0.00942. The molecule has 0 aromatic carbocycles. The molecule has 0 bridgehead atoms. The summed E-state index contributed by atoms with van der Waals surface area (Å²) < 4.78 is 5.07. The maximum Gasteiger partial charge on any atom is 3.00 e. The first-order chi connectivity index (χ1) is 8.11. The molecular weight excluding hydrogens is 353 g/mol. The predicted octanol–water partition coefficient (Wildman–Crippen LogP) is 3.07. The third-order valence-electron chi connectivity index (χ3n) is 1.71. The van der Waals surface area contributed by atoms with Gasteiger partial charge in [-0.2, -0.15) is 22.8 Å². The van der Waals surface area contributed by atoms with Crippen LogP contribution in [0.2, 0.25) is 4.34 Å². The first-order valence-electron chi connectivity index (χ1n) is 4.67. The summed E-state index contributed by atoms with van der Waals surface area (Å²) in [7, 11) is 1.38. The van der Waals surface area contributed by atoms with Crippen LogP contribution in [0.1, 0.15) is 12.5 Å². The summed E-state index contributed by atoms with van der Waals surface area (Å²) in [5, 5.41) is 19.7. The second-order valence-electron chi connectivity index (χ2n) is 2.77. The maximum atomic E-state index is 11.5. The topological polar surface area (TPSA) is 71.2 Å². The molecule has 0 aliphatic carbocycles. The van der Waals surface area contributed by atoms with Crippen LogP contribution in [0.3, 0.4) is 0 Å². The van der Waals surface area contributed by atoms with Gasteiger partial charge in [0.25, 0.3) is 0 Å². The summed E-state index contributed by atoms with van der Waals surface area (Å²) in [6, 6.07) is 1.47. The number of carbonyl (C=O) groups excluding carboxylic acids is 1. The van der Waals surface area contributed by atoms with Crippen molar-refractivity contribution in [2.75, 3.05) is 13.7 Å². The molecule has 1 rings (SSSR count). The number of rotatable bonds is 4. The van der Waals surface area contributed by atoms with Gasteiger partial charge in [-0.05, 0) is 6.92 Å². The molecule has 5 nitrogen and oxygen atoms in total. The summed E-state index contributed by atoms with van der Waals surface area (Å²) in [4.78, 5) is 11.5. The second kappa shape index (κ2) is 8.74. The number of azo groups is 1. The van der Waals surface area contributed by atoms with Gasteiger partial charge in [-0.3, -0.25) is 11.3 Å². The van der Waals surface area contributed by atoms with Gasteiger partial charge in [0.2, 0.25) is 0 Å². The number of hydrogen-bond donors (Lipinski definition) is 1. The van der Waals surface area contributed by atoms with Crippen molar-refractivity contribution in [3.63, 3.8) is 0 Å². The van der Waals surface area contributed by atoms with Crippen molar-refractivity contribution in [2.45, 2.75) is 6.92 Å². The zero-order valence-corrected chi connectivity index (χ0v) is 14.2. The van der Waals surface area contributed by atoms with E-state index in [2.05, 4.69) is 15.6 Å². The Hall–Kier alpha value is -0.296. The molecule has 0 fully saturated rings.